The van der Waals surface area contributed by atoms with Crippen LogP contribution in [-0.4, -0.2) is 228 Å². The van der Waals surface area contributed by atoms with Crippen molar-refractivity contribution in [1.29, 1.82) is 0 Å². The number of rotatable bonds is 16. The largest absolute Gasteiger partial charge is 0.491 e. The van der Waals surface area contributed by atoms with E-state index in [1.54, 1.807) is 129 Å². The van der Waals surface area contributed by atoms with Gasteiger partial charge in [-0.15, -0.1) is 10.2 Å². The van der Waals surface area contributed by atoms with Gasteiger partial charge in [0, 0.05) is 51.6 Å². The molecule has 0 spiro atoms. The maximum Gasteiger partial charge on any atom is 0.326 e. The summed E-state index contributed by atoms with van der Waals surface area (Å²) >= 11 is 0. The number of fused-ring (bicyclic) bond motifs is 2. The van der Waals surface area contributed by atoms with Gasteiger partial charge in [-0.2, -0.15) is 5.11 Å². The number of likely N-dealkylation sites (tertiary alicyclic amines) is 2. The van der Waals surface area contributed by atoms with Crippen LogP contribution in [0.2, 0.25) is 0 Å². The molecule has 13 atom stereocenters. The first kappa shape index (κ1) is 83.1. The lowest BCUT2D eigenvalue weighted by Crippen LogP contribution is -2.61. The van der Waals surface area contributed by atoms with Crippen LogP contribution in [-0.2, 0) is 86.8 Å². The standard InChI is InChI=1S/C82H101N21O13/c1-46(83-9)71(104)90-69(81(3,4)5)78(111)100-42-58-37-66(100)76(109)87-63(35-50-19-25-52-15-11-13-17-54(52)31-50)74(107)86-62(73(106)85-39-68-94-96-97-95-68)33-48-21-27-60(28-22-48)115-44-56-40-103(98-92-56)59-38-67(101(43-59)79(112)70(82(6,7)8)91-72(105)47(2)84-10)77(110)88-64(36-51-20-26-53-16-12-14-18-55(53)32-51)75(108)89-65(80(113)114)34-49-23-29-61(30-24-49)116-45-57-41-102(58)99-93-57/h11-32,40,46-47,57-59,62-67,69-70,83-84H,33-39,41-45H2,1-10H3,(H,85,106)(H,86,107)(H,87,109)(H,88,110)(H,89,108)(H,90,104)(H,91,105)(H,113,114)(H,94,95,96,97). The van der Waals surface area contributed by atoms with Gasteiger partial charge in [0.05, 0.1) is 43.5 Å². The summed E-state index contributed by atoms with van der Waals surface area (Å²) in [6.07, 6.45) is 1.15. The Morgan fingerprint density at radius 2 is 1.07 bits per heavy atom. The number of amides is 9. The average molecular weight is 1590 g/mol. The molecule has 9 heterocycles. The van der Waals surface area contributed by atoms with Crippen LogP contribution in [0.15, 0.2) is 150 Å². The van der Waals surface area contributed by atoms with Gasteiger partial charge in [-0.1, -0.05) is 161 Å². The monoisotopic (exact) mass is 1590 g/mol. The number of ether oxygens (including phenoxy) is 2. The van der Waals surface area contributed by atoms with Gasteiger partial charge in [-0.3, -0.25) is 48.2 Å². The zero-order valence-corrected chi connectivity index (χ0v) is 66.5. The van der Waals surface area contributed by atoms with Crippen molar-refractivity contribution in [2.45, 2.75) is 186 Å². The molecule has 7 aliphatic rings. The summed E-state index contributed by atoms with van der Waals surface area (Å²) in [4.78, 5) is 150. The van der Waals surface area contributed by atoms with Crippen molar-refractivity contribution in [3.8, 4) is 11.5 Å². The molecule has 612 valence electrons. The Bertz CT molecular complexity index is 4910. The summed E-state index contributed by atoms with van der Waals surface area (Å²) in [6.45, 7) is 13.9. The number of benzene rings is 6. The Morgan fingerprint density at radius 3 is 1.57 bits per heavy atom. The molecule has 6 aromatic carbocycles. The molecule has 0 aliphatic carbocycles. The Balaban J connectivity index is 0.876. The van der Waals surface area contributed by atoms with E-state index >= 15 is 24.0 Å². The third-order valence-electron chi connectivity index (χ3n) is 21.7. The van der Waals surface area contributed by atoms with Crippen LogP contribution >= 0.6 is 0 Å². The van der Waals surface area contributed by atoms with E-state index in [0.717, 1.165) is 21.5 Å². The molecule has 7 aliphatic heterocycles. The summed E-state index contributed by atoms with van der Waals surface area (Å²) < 4.78 is 14.1. The topological polar surface area (TPSA) is 437 Å². The SMILES string of the molecule is CNC(C)C(=O)NC(C(=O)N1CC2CC1C(=O)NC(Cc1ccc3ccccc3c1)C(=O)NC(C(=O)O)Cc1ccc(cc1)OCC1CN(N=N1)C1CC(C(=O)NC(Cc3ccc4ccccc4c3)C(=O)NC(C(=O)NCc3nnn[nH]3)Cc3ccc(cc3)OCc3cn2nn3)N(C(=O)C(NC(=O)C(C)NC)C(C)(C)C)C1)C(C)(C)C. The lowest BCUT2D eigenvalue weighted by Gasteiger charge is -2.36. The fourth-order valence-electron chi connectivity index (χ4n) is 14.7. The summed E-state index contributed by atoms with van der Waals surface area (Å²) in [5.41, 5.74) is 0.963. The number of hydrogen-bond acceptors (Lipinski definition) is 22. The maximum absolute atomic E-state index is 15.6. The molecule has 34 heteroatoms. The molecule has 0 radical (unpaired) electrons. The molecule has 2 fully saturated rings. The smallest absolute Gasteiger partial charge is 0.326 e. The summed E-state index contributed by atoms with van der Waals surface area (Å²) in [5.74, 6) is -6.00. The molecule has 12 bridgehead atoms. The van der Waals surface area contributed by atoms with Crippen LogP contribution in [0.5, 0.6) is 11.5 Å². The number of carboxylic acids is 1. The van der Waals surface area contributed by atoms with Crippen molar-refractivity contribution in [3.63, 3.8) is 0 Å². The number of tetrazole rings is 1. The Morgan fingerprint density at radius 1 is 0.578 bits per heavy atom. The van der Waals surface area contributed by atoms with Gasteiger partial charge < -0.3 is 72.2 Å². The highest BCUT2D eigenvalue weighted by molar-refractivity contribution is 5.99. The van der Waals surface area contributed by atoms with Crippen molar-refractivity contribution in [2.75, 3.05) is 40.3 Å². The molecule has 0 saturated carbocycles. The Kier molecular flexibility index (Phi) is 26.1. The zero-order chi connectivity index (χ0) is 82.7. The van der Waals surface area contributed by atoms with E-state index in [2.05, 4.69) is 89.1 Å². The van der Waals surface area contributed by atoms with Crippen molar-refractivity contribution in [3.05, 3.63) is 173 Å². The van der Waals surface area contributed by atoms with Crippen molar-refractivity contribution < 1.29 is 62.5 Å². The predicted octanol–water partition coefficient (Wildman–Crippen LogP) is 3.12. The number of likely N-dealkylation sites (N-methyl/N-ethyl adjacent to an activating group) is 2. The van der Waals surface area contributed by atoms with E-state index in [4.69, 9.17) is 9.47 Å². The first-order valence-electron chi connectivity index (χ1n) is 38.9. The highest BCUT2D eigenvalue weighted by Crippen LogP contribution is 2.34. The van der Waals surface area contributed by atoms with Gasteiger partial charge in [-0.25, -0.2) is 14.6 Å². The maximum atomic E-state index is 15.6. The first-order valence-corrected chi connectivity index (χ1v) is 38.9. The second kappa shape index (κ2) is 36.4. The van der Waals surface area contributed by atoms with E-state index in [9.17, 15) is 29.1 Å². The normalized spacial score (nSPS) is 22.3. The molecule has 2 aromatic heterocycles. The lowest BCUT2D eigenvalue weighted by molar-refractivity contribution is -0.145. The Hall–Kier alpha value is -12.3. The number of aromatic nitrogens is 7. The minimum atomic E-state index is -1.51. The molecular weight excluding hydrogens is 1490 g/mol. The number of carboxylic acid groups (broad SMARTS) is 1. The van der Waals surface area contributed by atoms with Gasteiger partial charge in [0.25, 0.3) is 0 Å². The van der Waals surface area contributed by atoms with E-state index in [1.807, 2.05) is 84.9 Å². The molecule has 8 aromatic rings. The fraction of sp³-hybridized carbons (Fsp3) is 0.451. The highest BCUT2D eigenvalue weighted by atomic mass is 16.5. The number of nitrogens with one attached hydrogen (secondary N) is 10. The average Bonchev–Trinajstić information content (AvgIpc) is 1.63. The van der Waals surface area contributed by atoms with Gasteiger partial charge in [0.1, 0.15) is 84.8 Å². The predicted molar refractivity (Wildman–Crippen MR) is 425 cm³/mol. The number of carbonyl (C=O) groups is 10. The molecule has 13 unspecified atom stereocenters. The van der Waals surface area contributed by atoms with Crippen molar-refractivity contribution >= 4 is 80.7 Å². The lowest BCUT2D eigenvalue weighted by atomic mass is 9.85. The number of aromatic amines is 1. The molecule has 11 N–H and O–H groups in total. The second-order valence-electron chi connectivity index (χ2n) is 32.3. The number of carbonyl (C=O) groups excluding carboxylic acids is 9. The summed E-state index contributed by atoms with van der Waals surface area (Å²) in [6, 6.07) is 26.3. The molecule has 116 heavy (non-hydrogen) atoms. The van der Waals surface area contributed by atoms with Gasteiger partial charge in [0.2, 0.25) is 53.2 Å². The van der Waals surface area contributed by atoms with E-state index in [1.165, 1.54) is 14.5 Å². The summed E-state index contributed by atoms with van der Waals surface area (Å²) in [7, 11) is 3.24. The highest BCUT2D eigenvalue weighted by Gasteiger charge is 2.50. The molecule has 15 rings (SSSR count). The van der Waals surface area contributed by atoms with E-state index < -0.39 is 149 Å². The van der Waals surface area contributed by atoms with E-state index in [-0.39, 0.29) is 83.7 Å². The Labute approximate surface area is 670 Å². The molecule has 9 amide bonds. The minimum Gasteiger partial charge on any atom is -0.491 e. The van der Waals surface area contributed by atoms with Crippen molar-refractivity contribution in [1.82, 2.24) is 98.3 Å². The van der Waals surface area contributed by atoms with Gasteiger partial charge in [-0.05, 0) is 117 Å². The van der Waals surface area contributed by atoms with Crippen LogP contribution in [0.4, 0.5) is 0 Å². The number of aliphatic carboxylic acids is 1. The number of H-pyrrole nitrogens is 1. The second-order valence-corrected chi connectivity index (χ2v) is 32.3. The van der Waals surface area contributed by atoms with E-state index in [0.29, 0.717) is 39.4 Å². The van der Waals surface area contributed by atoms with Crippen LogP contribution in [0, 0.1) is 10.8 Å². The molecule has 2 saturated heterocycles. The number of hydrogen-bond donors (Lipinski definition) is 11. The molecular formula is C82H101N21O13. The van der Waals surface area contributed by atoms with Gasteiger partial charge in [0.15, 0.2) is 5.82 Å². The van der Waals surface area contributed by atoms with Crippen molar-refractivity contribution in [2.24, 2.45) is 21.2 Å². The summed E-state index contributed by atoms with van der Waals surface area (Å²) in [5, 5.41) is 74.0. The molecule has 34 nitrogen and oxygen atoms in total. The van der Waals surface area contributed by atoms with Crippen LogP contribution < -0.4 is 57.3 Å². The quantitative estimate of drug-likeness (QED) is 0.0662. The fourth-order valence-corrected chi connectivity index (χ4v) is 14.7. The zero-order valence-electron chi connectivity index (χ0n) is 66.5. The van der Waals surface area contributed by atoms with Crippen LogP contribution in [0.25, 0.3) is 21.5 Å². The first-order chi connectivity index (χ1) is 55.4. The van der Waals surface area contributed by atoms with Crippen LogP contribution in [0.1, 0.15) is 108 Å². The minimum absolute atomic E-state index is 0.00684. The third kappa shape index (κ3) is 20.6. The van der Waals surface area contributed by atoms with Crippen LogP contribution in [0.3, 0.4) is 0 Å². The number of nitrogens with zero attached hydrogens (tertiary/aromatic N) is 11. The van der Waals surface area contributed by atoms with Gasteiger partial charge >= 0.3 is 5.97 Å². The third-order valence-corrected chi connectivity index (χ3v) is 21.7.